The largest absolute Gasteiger partial charge is 0.623 e. The van der Waals surface area contributed by atoms with Crippen LogP contribution in [0.1, 0.15) is 50.3 Å². The fourth-order valence-electron chi connectivity index (χ4n) is 5.51. The van der Waals surface area contributed by atoms with Crippen LogP contribution in [0.15, 0.2) is 83.9 Å². The molecular weight excluding hydrogens is 536 g/mol. The van der Waals surface area contributed by atoms with Crippen LogP contribution in [-0.4, -0.2) is 60.4 Å². The Morgan fingerprint density at radius 3 is 2.41 bits per heavy atom. The second kappa shape index (κ2) is 13.3. The van der Waals surface area contributed by atoms with Gasteiger partial charge in [0.25, 0.3) is 0 Å². The van der Waals surface area contributed by atoms with E-state index in [1.807, 2.05) is 61.5 Å². The molecule has 0 radical (unpaired) electrons. The van der Waals surface area contributed by atoms with Gasteiger partial charge in [-0.05, 0) is 49.9 Å². The van der Waals surface area contributed by atoms with Gasteiger partial charge in [0.05, 0.1) is 11.3 Å². The summed E-state index contributed by atoms with van der Waals surface area (Å²) in [4.78, 5) is 18.8. The number of benzene rings is 3. The van der Waals surface area contributed by atoms with Crippen molar-refractivity contribution in [3.05, 3.63) is 106 Å². The maximum atomic E-state index is 12.6. The van der Waals surface area contributed by atoms with E-state index in [1.165, 1.54) is 0 Å². The van der Waals surface area contributed by atoms with Crippen LogP contribution in [0, 0.1) is 11.1 Å². The molecule has 2 aliphatic heterocycles. The number of nitrogens with one attached hydrogen (secondary N) is 1. The van der Waals surface area contributed by atoms with Crippen molar-refractivity contribution >= 4 is 34.8 Å². The van der Waals surface area contributed by atoms with Gasteiger partial charge in [0, 0.05) is 49.0 Å². The van der Waals surface area contributed by atoms with E-state index in [0.29, 0.717) is 29.0 Å². The predicted octanol–water partition coefficient (Wildman–Crippen LogP) is 6.15. The van der Waals surface area contributed by atoms with Crippen molar-refractivity contribution in [2.24, 2.45) is 10.9 Å². The molecule has 0 bridgehead atoms. The number of carbonyl (C=O) groups excluding carboxylic acids is 1. The minimum atomic E-state index is -0.486. The van der Waals surface area contributed by atoms with Gasteiger partial charge in [-0.15, -0.1) is 0 Å². The summed E-state index contributed by atoms with van der Waals surface area (Å²) in [5, 5.41) is 16.1. The number of nitrogens with zero attached hydrogens (tertiary/aromatic N) is 3. The Morgan fingerprint density at radius 2 is 1.78 bits per heavy atom. The monoisotopic (exact) mass is 574 g/mol. The van der Waals surface area contributed by atoms with Crippen molar-refractivity contribution < 1.29 is 14.3 Å². The molecule has 0 amide bonds. The van der Waals surface area contributed by atoms with Gasteiger partial charge in [-0.3, -0.25) is 4.79 Å². The van der Waals surface area contributed by atoms with Crippen molar-refractivity contribution in [2.75, 3.05) is 27.2 Å². The second-order valence-electron chi connectivity index (χ2n) is 10.7. The third-order valence-corrected chi connectivity index (χ3v) is 8.14. The summed E-state index contributed by atoms with van der Waals surface area (Å²) in [6.45, 7) is 7.34. The third kappa shape index (κ3) is 6.80. The summed E-state index contributed by atoms with van der Waals surface area (Å²) in [5.74, 6) is 0.790. The van der Waals surface area contributed by atoms with E-state index in [0.717, 1.165) is 40.1 Å². The quantitative estimate of drug-likeness (QED) is 0.230. The lowest BCUT2D eigenvalue weighted by Crippen LogP contribution is -2.53. The molecule has 216 valence electrons. The number of esters is 1. The van der Waals surface area contributed by atoms with E-state index in [9.17, 15) is 10.0 Å². The molecule has 1 saturated heterocycles. The van der Waals surface area contributed by atoms with Gasteiger partial charge in [-0.25, -0.2) is 4.99 Å². The van der Waals surface area contributed by atoms with Gasteiger partial charge in [0.15, 0.2) is 5.84 Å². The highest BCUT2D eigenvalue weighted by atomic mass is 35.5. The van der Waals surface area contributed by atoms with Crippen molar-refractivity contribution in [2.45, 2.75) is 45.3 Å². The SMILES string of the molecule is CCC(=O)O[C@@]1(c2ccccc2)C[C@H](C)N(C)C[C@H]1C.CNC1=Nc2ccc(Cl)cc2C(c2ccccc2)=[N+]([O-])C1. The molecule has 3 aromatic carbocycles. The van der Waals surface area contributed by atoms with E-state index in [2.05, 4.69) is 48.2 Å². The highest BCUT2D eigenvalue weighted by molar-refractivity contribution is 6.31. The molecule has 7 nitrogen and oxygen atoms in total. The minimum absolute atomic E-state index is 0.113. The molecule has 41 heavy (non-hydrogen) atoms. The van der Waals surface area contributed by atoms with Crippen LogP contribution < -0.4 is 5.32 Å². The number of hydrogen-bond donors (Lipinski definition) is 1. The number of piperidine rings is 1. The van der Waals surface area contributed by atoms with Crippen LogP contribution in [0.5, 0.6) is 0 Å². The molecule has 1 fully saturated rings. The van der Waals surface area contributed by atoms with E-state index < -0.39 is 5.60 Å². The van der Waals surface area contributed by atoms with Crippen molar-refractivity contribution in [1.29, 1.82) is 0 Å². The summed E-state index contributed by atoms with van der Waals surface area (Å²) in [7, 11) is 3.90. The van der Waals surface area contributed by atoms with Crippen molar-refractivity contribution in [3.8, 4) is 0 Å². The molecule has 2 aliphatic rings. The number of hydrogen-bond acceptors (Lipinski definition) is 6. The maximum Gasteiger partial charge on any atom is 0.306 e. The highest BCUT2D eigenvalue weighted by Gasteiger charge is 2.47. The Labute approximate surface area is 248 Å². The summed E-state index contributed by atoms with van der Waals surface area (Å²) < 4.78 is 6.93. The zero-order valence-corrected chi connectivity index (χ0v) is 25.2. The zero-order valence-electron chi connectivity index (χ0n) is 24.4. The van der Waals surface area contributed by atoms with Crippen LogP contribution in [0.2, 0.25) is 5.02 Å². The molecule has 5 rings (SSSR count). The number of rotatable bonds is 4. The van der Waals surface area contributed by atoms with Gasteiger partial charge in [-0.2, -0.15) is 4.74 Å². The Balaban J connectivity index is 0.000000189. The number of hydroxylamine groups is 1. The first-order valence-electron chi connectivity index (χ1n) is 14.1. The molecule has 0 aromatic heterocycles. The van der Waals surface area contributed by atoms with Gasteiger partial charge < -0.3 is 20.2 Å². The van der Waals surface area contributed by atoms with E-state index in [-0.39, 0.29) is 18.4 Å². The molecule has 0 aliphatic carbocycles. The standard InChI is InChI=1S/C17H25NO2.C16H14ClN3O/c1-5-16(19)20-17(15-9-7-6-8-10-15)11-14(3)18(4)12-13(17)2;1-18-15-10-20(21)16(11-5-3-2-4-6-11)13-9-12(17)7-8-14(13)19-15/h6-10,13-14H,5,11-12H2,1-4H3;2-9H,10H2,1H3,(H,18,19)/t13-,14+,17+;/m1./s1. The Morgan fingerprint density at radius 1 is 1.12 bits per heavy atom. The van der Waals surface area contributed by atoms with Crippen LogP contribution >= 0.6 is 11.6 Å². The van der Waals surface area contributed by atoms with Gasteiger partial charge in [0.1, 0.15) is 5.60 Å². The summed E-state index contributed by atoms with van der Waals surface area (Å²) >= 11 is 6.10. The summed E-state index contributed by atoms with van der Waals surface area (Å²) in [6, 6.07) is 25.6. The minimum Gasteiger partial charge on any atom is -0.623 e. The fourth-order valence-corrected chi connectivity index (χ4v) is 5.68. The Hall–Kier alpha value is -3.68. The number of amidine groups is 1. The molecule has 0 unspecified atom stereocenters. The molecular formula is C33H39ClN4O3. The topological polar surface area (TPSA) is 80.0 Å². The average Bonchev–Trinajstić information content (AvgIpc) is 3.12. The average molecular weight is 575 g/mol. The lowest BCUT2D eigenvalue weighted by molar-refractivity contribution is -0.439. The van der Waals surface area contributed by atoms with E-state index in [1.54, 1.807) is 19.2 Å². The molecule has 8 heteroatoms. The first kappa shape index (κ1) is 30.3. The Bertz CT molecular complexity index is 1410. The molecule has 0 saturated carbocycles. The van der Waals surface area contributed by atoms with Crippen LogP contribution in [0.25, 0.3) is 0 Å². The summed E-state index contributed by atoms with van der Waals surface area (Å²) in [5.41, 5.74) is 3.55. The Kier molecular flexibility index (Phi) is 9.84. The lowest BCUT2D eigenvalue weighted by Gasteiger charge is -2.48. The smallest absolute Gasteiger partial charge is 0.306 e. The van der Waals surface area contributed by atoms with Crippen LogP contribution in [0.3, 0.4) is 0 Å². The number of likely N-dealkylation sites (N-methyl/N-ethyl adjacent to an activating group) is 1. The molecule has 3 aromatic rings. The van der Waals surface area contributed by atoms with Crippen LogP contribution in [0.4, 0.5) is 5.69 Å². The number of carbonyl (C=O) groups is 1. The summed E-state index contributed by atoms with van der Waals surface area (Å²) in [6.07, 6.45) is 1.27. The van der Waals surface area contributed by atoms with Crippen molar-refractivity contribution in [3.63, 3.8) is 0 Å². The second-order valence-corrected chi connectivity index (χ2v) is 11.1. The number of halogens is 1. The van der Waals surface area contributed by atoms with Gasteiger partial charge >= 0.3 is 5.97 Å². The van der Waals surface area contributed by atoms with Gasteiger partial charge in [0.2, 0.25) is 12.3 Å². The van der Waals surface area contributed by atoms with Gasteiger partial charge in [-0.1, -0.05) is 74.0 Å². The number of aliphatic imine (C=N–C) groups is 1. The maximum absolute atomic E-state index is 12.6. The highest BCUT2D eigenvalue weighted by Crippen LogP contribution is 2.43. The third-order valence-electron chi connectivity index (χ3n) is 7.90. The number of likely N-dealkylation sites (tertiary alicyclic amines) is 1. The lowest BCUT2D eigenvalue weighted by atomic mass is 9.74. The normalized spacial score (nSPS) is 22.4. The first-order chi connectivity index (χ1) is 19.7. The molecule has 0 spiro atoms. The number of fused-ring (bicyclic) bond motifs is 1. The molecule has 1 N–H and O–H groups in total. The van der Waals surface area contributed by atoms with Crippen molar-refractivity contribution in [1.82, 2.24) is 10.2 Å². The predicted molar refractivity (Wildman–Crippen MR) is 166 cm³/mol. The number of ether oxygens (including phenoxy) is 1. The van der Waals surface area contributed by atoms with E-state index >= 15 is 0 Å². The molecule has 2 heterocycles. The zero-order chi connectivity index (χ0) is 29.6. The van der Waals surface area contributed by atoms with E-state index in [4.69, 9.17) is 16.3 Å². The van der Waals surface area contributed by atoms with Crippen LogP contribution in [-0.2, 0) is 15.1 Å². The first-order valence-corrected chi connectivity index (χ1v) is 14.5. The molecule has 3 atom stereocenters. The fraction of sp³-hybridized carbons (Fsp3) is 0.364.